The molecule has 1 aromatic carbocycles. The first-order chi connectivity index (χ1) is 8.49. The van der Waals surface area contributed by atoms with E-state index < -0.39 is 10.2 Å². The predicted octanol–water partition coefficient (Wildman–Crippen LogP) is 1.32. The van der Waals surface area contributed by atoms with Gasteiger partial charge in [-0.05, 0) is 25.1 Å². The molecule has 0 amide bonds. The number of rotatable bonds is 8. The minimum absolute atomic E-state index is 0.419. The first-order valence-electron chi connectivity index (χ1n) is 6.05. The smallest absolute Gasteiger partial charge is 0.299 e. The van der Waals surface area contributed by atoms with Crippen molar-refractivity contribution in [3.8, 4) is 0 Å². The predicted molar refractivity (Wildman–Crippen MR) is 74.7 cm³/mol. The molecule has 18 heavy (non-hydrogen) atoms. The minimum atomic E-state index is -3.46. The van der Waals surface area contributed by atoms with Gasteiger partial charge in [-0.25, -0.2) is 0 Å². The second-order valence-corrected chi connectivity index (χ2v) is 5.83. The molecule has 0 atom stereocenters. The van der Waals surface area contributed by atoms with Crippen molar-refractivity contribution in [1.29, 1.82) is 0 Å². The van der Waals surface area contributed by atoms with Crippen molar-refractivity contribution in [2.45, 2.75) is 26.3 Å². The van der Waals surface area contributed by atoms with Gasteiger partial charge in [0.1, 0.15) is 0 Å². The zero-order chi connectivity index (χ0) is 13.4. The van der Waals surface area contributed by atoms with Crippen molar-refractivity contribution in [2.75, 3.05) is 17.8 Å². The van der Waals surface area contributed by atoms with E-state index in [0.717, 1.165) is 13.0 Å². The summed E-state index contributed by atoms with van der Waals surface area (Å²) in [7, 11) is -3.46. The van der Waals surface area contributed by atoms with Gasteiger partial charge in [-0.15, -0.1) is 0 Å². The zero-order valence-corrected chi connectivity index (χ0v) is 11.6. The van der Waals surface area contributed by atoms with Crippen LogP contribution in [-0.2, 0) is 10.2 Å². The van der Waals surface area contributed by atoms with Crippen molar-refractivity contribution in [3.05, 3.63) is 30.3 Å². The summed E-state index contributed by atoms with van der Waals surface area (Å²) in [5.74, 6) is 0. The van der Waals surface area contributed by atoms with E-state index in [-0.39, 0.29) is 0 Å². The molecule has 0 bridgehead atoms. The van der Waals surface area contributed by atoms with E-state index in [1.807, 2.05) is 6.07 Å². The third-order valence-corrected chi connectivity index (χ3v) is 3.31. The molecule has 0 radical (unpaired) electrons. The monoisotopic (exact) mass is 271 g/mol. The molecule has 0 fully saturated rings. The molecule has 0 spiro atoms. The van der Waals surface area contributed by atoms with E-state index in [9.17, 15) is 8.42 Å². The van der Waals surface area contributed by atoms with Crippen LogP contribution < -0.4 is 14.8 Å². The van der Waals surface area contributed by atoms with Crippen molar-refractivity contribution in [3.63, 3.8) is 0 Å². The van der Waals surface area contributed by atoms with Crippen molar-refractivity contribution in [2.24, 2.45) is 0 Å². The van der Waals surface area contributed by atoms with E-state index in [0.29, 0.717) is 18.3 Å². The Morgan fingerprint density at radius 3 is 2.39 bits per heavy atom. The van der Waals surface area contributed by atoms with E-state index in [4.69, 9.17) is 0 Å². The van der Waals surface area contributed by atoms with Crippen LogP contribution in [-0.4, -0.2) is 27.5 Å². The van der Waals surface area contributed by atoms with Gasteiger partial charge in [0.05, 0.1) is 0 Å². The Morgan fingerprint density at radius 2 is 1.78 bits per heavy atom. The fourth-order valence-electron chi connectivity index (χ4n) is 1.38. The highest BCUT2D eigenvalue weighted by Gasteiger charge is 2.07. The highest BCUT2D eigenvalue weighted by Crippen LogP contribution is 2.06. The Morgan fingerprint density at radius 1 is 1.11 bits per heavy atom. The van der Waals surface area contributed by atoms with Crippen LogP contribution in [0.5, 0.6) is 0 Å². The third-order valence-electron chi connectivity index (χ3n) is 2.22. The molecule has 0 aromatic heterocycles. The molecular weight excluding hydrogens is 250 g/mol. The molecular formula is C12H21N3O2S. The van der Waals surface area contributed by atoms with Crippen LogP contribution in [0.15, 0.2) is 30.3 Å². The van der Waals surface area contributed by atoms with Crippen LogP contribution in [0.4, 0.5) is 5.69 Å². The van der Waals surface area contributed by atoms with Crippen LogP contribution in [0.3, 0.4) is 0 Å². The second-order valence-electron chi connectivity index (χ2n) is 4.33. The van der Waals surface area contributed by atoms with Gasteiger partial charge in [-0.3, -0.25) is 4.72 Å². The molecule has 6 heteroatoms. The van der Waals surface area contributed by atoms with E-state index in [1.165, 1.54) is 0 Å². The SMILES string of the molecule is CC(C)NCCCNS(=O)(=O)Nc1ccccc1. The number of anilines is 1. The van der Waals surface area contributed by atoms with Crippen LogP contribution in [0, 0.1) is 0 Å². The quantitative estimate of drug-likeness (QED) is 0.625. The van der Waals surface area contributed by atoms with Gasteiger partial charge in [-0.1, -0.05) is 32.0 Å². The summed E-state index contributed by atoms with van der Waals surface area (Å²) in [5, 5.41) is 3.23. The molecule has 1 rings (SSSR count). The lowest BCUT2D eigenvalue weighted by Crippen LogP contribution is -2.33. The Balaban J connectivity index is 2.28. The third kappa shape index (κ3) is 6.58. The lowest BCUT2D eigenvalue weighted by Gasteiger charge is -2.10. The van der Waals surface area contributed by atoms with Gasteiger partial charge in [-0.2, -0.15) is 13.1 Å². The van der Waals surface area contributed by atoms with Gasteiger partial charge in [0.15, 0.2) is 0 Å². The first-order valence-corrected chi connectivity index (χ1v) is 7.54. The fraction of sp³-hybridized carbons (Fsp3) is 0.500. The maximum atomic E-state index is 11.7. The van der Waals surface area contributed by atoms with Gasteiger partial charge in [0, 0.05) is 18.3 Å². The molecule has 1 aromatic rings. The Kier molecular flexibility index (Phi) is 6.11. The van der Waals surface area contributed by atoms with Crippen molar-refractivity contribution >= 4 is 15.9 Å². The van der Waals surface area contributed by atoms with Gasteiger partial charge in [0.2, 0.25) is 0 Å². The maximum absolute atomic E-state index is 11.7. The van der Waals surface area contributed by atoms with Gasteiger partial charge >= 0.3 is 0 Å². The summed E-state index contributed by atoms with van der Waals surface area (Å²) >= 11 is 0. The fourth-order valence-corrected chi connectivity index (χ4v) is 2.31. The molecule has 0 heterocycles. The molecule has 102 valence electrons. The molecule has 0 aliphatic heterocycles. The van der Waals surface area contributed by atoms with Crippen molar-refractivity contribution < 1.29 is 8.42 Å². The topological polar surface area (TPSA) is 70.2 Å². The lowest BCUT2D eigenvalue weighted by atomic mass is 10.3. The highest BCUT2D eigenvalue weighted by molar-refractivity contribution is 7.90. The van der Waals surface area contributed by atoms with Crippen LogP contribution >= 0.6 is 0 Å². The second kappa shape index (κ2) is 7.35. The minimum Gasteiger partial charge on any atom is -0.314 e. The zero-order valence-electron chi connectivity index (χ0n) is 10.8. The van der Waals surface area contributed by atoms with E-state index in [1.54, 1.807) is 24.3 Å². The van der Waals surface area contributed by atoms with Crippen molar-refractivity contribution in [1.82, 2.24) is 10.0 Å². The lowest BCUT2D eigenvalue weighted by molar-refractivity contribution is 0.556. The Bertz CT molecular complexity index is 432. The summed E-state index contributed by atoms with van der Waals surface area (Å²) in [6.45, 7) is 5.33. The molecule has 3 N–H and O–H groups in total. The highest BCUT2D eigenvalue weighted by atomic mass is 32.2. The summed E-state index contributed by atoms with van der Waals surface area (Å²) in [6, 6.07) is 9.24. The van der Waals surface area contributed by atoms with Crippen LogP contribution in [0.1, 0.15) is 20.3 Å². The number of hydrogen-bond donors (Lipinski definition) is 3. The standard InChI is InChI=1S/C12H21N3O2S/c1-11(2)13-9-6-10-14-18(16,17)15-12-7-4-3-5-8-12/h3-5,7-8,11,13-15H,6,9-10H2,1-2H3. The summed E-state index contributed by atoms with van der Waals surface area (Å²) in [5.41, 5.74) is 0.560. The molecule has 0 saturated carbocycles. The maximum Gasteiger partial charge on any atom is 0.299 e. The average molecular weight is 271 g/mol. The molecule has 0 aliphatic carbocycles. The number of hydrogen-bond acceptors (Lipinski definition) is 3. The van der Waals surface area contributed by atoms with E-state index >= 15 is 0 Å². The number of para-hydroxylation sites is 1. The summed E-state index contributed by atoms with van der Waals surface area (Å²) in [6.07, 6.45) is 0.758. The molecule has 0 saturated heterocycles. The largest absolute Gasteiger partial charge is 0.314 e. The Hall–Kier alpha value is -1.11. The number of benzene rings is 1. The summed E-state index contributed by atoms with van der Waals surface area (Å²) in [4.78, 5) is 0. The summed E-state index contributed by atoms with van der Waals surface area (Å²) < 4.78 is 28.3. The van der Waals surface area contributed by atoms with E-state index in [2.05, 4.69) is 28.6 Å². The molecule has 5 nitrogen and oxygen atoms in total. The van der Waals surface area contributed by atoms with Gasteiger partial charge < -0.3 is 5.32 Å². The first kappa shape index (κ1) is 14.9. The molecule has 0 aliphatic rings. The molecule has 0 unspecified atom stereocenters. The normalized spacial score (nSPS) is 11.7. The van der Waals surface area contributed by atoms with Crippen LogP contribution in [0.2, 0.25) is 0 Å². The average Bonchev–Trinajstić information content (AvgIpc) is 2.28. The number of nitrogens with one attached hydrogen (secondary N) is 3. The van der Waals surface area contributed by atoms with Crippen LogP contribution in [0.25, 0.3) is 0 Å². The Labute approximate surface area is 109 Å². The van der Waals surface area contributed by atoms with Gasteiger partial charge in [0.25, 0.3) is 10.2 Å².